The average Bonchev–Trinajstić information content (AvgIpc) is 2.76. The van der Waals surface area contributed by atoms with E-state index < -0.39 is 0 Å². The van der Waals surface area contributed by atoms with Crippen molar-refractivity contribution in [1.82, 2.24) is 0 Å². The molecule has 0 spiro atoms. The van der Waals surface area contributed by atoms with Crippen LogP contribution in [0.5, 0.6) is 0 Å². The highest BCUT2D eigenvalue weighted by Gasteiger charge is 2.34. The van der Waals surface area contributed by atoms with Gasteiger partial charge in [0.15, 0.2) is 0 Å². The zero-order valence-corrected chi connectivity index (χ0v) is 10.4. The quantitative estimate of drug-likeness (QED) is 0.456. The molecule has 2 rings (SSSR count). The summed E-state index contributed by atoms with van der Waals surface area (Å²) in [6, 6.07) is 9.83. The summed E-state index contributed by atoms with van der Waals surface area (Å²) in [5.74, 6) is -0.163. The first kappa shape index (κ1) is 12.6. The van der Waals surface area contributed by atoms with E-state index in [0.29, 0.717) is 13.2 Å². The van der Waals surface area contributed by atoms with Crippen LogP contribution in [0.2, 0.25) is 0 Å². The van der Waals surface area contributed by atoms with Gasteiger partial charge >= 0.3 is 5.97 Å². The van der Waals surface area contributed by atoms with E-state index in [1.807, 2.05) is 37.3 Å². The third kappa shape index (κ3) is 3.09. The molecule has 1 aliphatic rings. The van der Waals surface area contributed by atoms with Gasteiger partial charge in [0.1, 0.15) is 13.2 Å². The Morgan fingerprint density at radius 3 is 2.94 bits per heavy atom. The molecular formula is C14H17NO3. The van der Waals surface area contributed by atoms with Crippen LogP contribution in [-0.4, -0.2) is 18.8 Å². The Kier molecular flexibility index (Phi) is 4.34. The Hall–Kier alpha value is -1.84. The van der Waals surface area contributed by atoms with Crippen LogP contribution in [0.3, 0.4) is 0 Å². The number of cyclic esters (lactones) is 1. The van der Waals surface area contributed by atoms with E-state index in [-0.39, 0.29) is 17.8 Å². The third-order valence-corrected chi connectivity index (χ3v) is 3.08. The Labute approximate surface area is 107 Å². The van der Waals surface area contributed by atoms with Crippen molar-refractivity contribution >= 4 is 12.2 Å². The van der Waals surface area contributed by atoms with Crippen molar-refractivity contribution in [3.63, 3.8) is 0 Å². The Bertz CT molecular complexity index is 416. The van der Waals surface area contributed by atoms with E-state index in [4.69, 9.17) is 9.57 Å². The smallest absolute Gasteiger partial charge is 0.309 e. The van der Waals surface area contributed by atoms with Gasteiger partial charge in [0, 0.05) is 5.92 Å². The number of carbonyl (C=O) groups is 1. The molecule has 1 heterocycles. The zero-order valence-electron chi connectivity index (χ0n) is 10.4. The molecule has 1 fully saturated rings. The standard InChI is InChI=1S/C14H17NO3/c1-2-13-12(10-17-14(13)16)8-15-18-9-11-6-4-3-5-7-11/h3-8,12-13H,2,9-10H2,1H3/b15-8+/t12-,13+/m1/s1. The van der Waals surface area contributed by atoms with Crippen molar-refractivity contribution in [3.8, 4) is 0 Å². The van der Waals surface area contributed by atoms with Gasteiger partial charge in [0.25, 0.3) is 0 Å². The number of oxime groups is 1. The van der Waals surface area contributed by atoms with Crippen LogP contribution in [0.25, 0.3) is 0 Å². The second-order valence-corrected chi connectivity index (χ2v) is 4.32. The molecule has 2 atom stereocenters. The molecule has 0 aliphatic carbocycles. The van der Waals surface area contributed by atoms with Gasteiger partial charge in [-0.15, -0.1) is 0 Å². The van der Waals surface area contributed by atoms with E-state index in [2.05, 4.69) is 5.16 Å². The summed E-state index contributed by atoms with van der Waals surface area (Å²) in [7, 11) is 0. The molecule has 0 radical (unpaired) electrons. The number of benzene rings is 1. The molecule has 1 saturated heterocycles. The molecule has 1 aliphatic heterocycles. The Balaban J connectivity index is 1.80. The number of esters is 1. The predicted molar refractivity (Wildman–Crippen MR) is 68.0 cm³/mol. The fourth-order valence-electron chi connectivity index (χ4n) is 2.00. The maximum absolute atomic E-state index is 11.3. The zero-order chi connectivity index (χ0) is 12.8. The maximum atomic E-state index is 11.3. The molecule has 0 unspecified atom stereocenters. The molecule has 18 heavy (non-hydrogen) atoms. The molecule has 4 heteroatoms. The van der Waals surface area contributed by atoms with Crippen molar-refractivity contribution in [2.75, 3.05) is 6.61 Å². The summed E-state index contributed by atoms with van der Waals surface area (Å²) >= 11 is 0. The van der Waals surface area contributed by atoms with E-state index >= 15 is 0 Å². The SMILES string of the molecule is CC[C@@H]1C(=O)OC[C@H]1/C=N/OCc1ccccc1. The highest BCUT2D eigenvalue weighted by Crippen LogP contribution is 2.23. The van der Waals surface area contributed by atoms with Crippen LogP contribution in [0.4, 0.5) is 0 Å². The normalized spacial score (nSPS) is 23.3. The van der Waals surface area contributed by atoms with Gasteiger partial charge in [0.2, 0.25) is 0 Å². The molecule has 0 amide bonds. The summed E-state index contributed by atoms with van der Waals surface area (Å²) in [6.07, 6.45) is 2.45. The van der Waals surface area contributed by atoms with Crippen LogP contribution in [-0.2, 0) is 21.0 Å². The van der Waals surface area contributed by atoms with Gasteiger partial charge in [-0.1, -0.05) is 42.4 Å². The van der Waals surface area contributed by atoms with Gasteiger partial charge in [-0.2, -0.15) is 0 Å². The minimum atomic E-state index is -0.128. The van der Waals surface area contributed by atoms with E-state index in [0.717, 1.165) is 12.0 Å². The van der Waals surface area contributed by atoms with Gasteiger partial charge in [0.05, 0.1) is 12.1 Å². The largest absolute Gasteiger partial charge is 0.465 e. The van der Waals surface area contributed by atoms with Gasteiger partial charge in [-0.25, -0.2) is 0 Å². The number of ether oxygens (including phenoxy) is 1. The van der Waals surface area contributed by atoms with Crippen molar-refractivity contribution in [2.45, 2.75) is 20.0 Å². The van der Waals surface area contributed by atoms with Crippen LogP contribution >= 0.6 is 0 Å². The molecule has 1 aromatic rings. The lowest BCUT2D eigenvalue weighted by Gasteiger charge is -2.06. The van der Waals surface area contributed by atoms with Crippen molar-refractivity contribution in [1.29, 1.82) is 0 Å². The first-order valence-electron chi connectivity index (χ1n) is 6.17. The topological polar surface area (TPSA) is 47.9 Å². The van der Waals surface area contributed by atoms with E-state index in [1.54, 1.807) is 6.21 Å². The van der Waals surface area contributed by atoms with Crippen LogP contribution in [0.15, 0.2) is 35.5 Å². The highest BCUT2D eigenvalue weighted by molar-refractivity contribution is 5.80. The molecule has 0 aromatic heterocycles. The Morgan fingerprint density at radius 2 is 2.22 bits per heavy atom. The Morgan fingerprint density at radius 1 is 1.44 bits per heavy atom. The first-order chi connectivity index (χ1) is 8.81. The molecular weight excluding hydrogens is 230 g/mol. The predicted octanol–water partition coefficient (Wildman–Crippen LogP) is 2.39. The van der Waals surface area contributed by atoms with Crippen molar-refractivity contribution < 1.29 is 14.4 Å². The van der Waals surface area contributed by atoms with E-state index in [1.165, 1.54) is 0 Å². The fraction of sp³-hybridized carbons (Fsp3) is 0.429. The summed E-state index contributed by atoms with van der Waals surface area (Å²) in [6.45, 7) is 2.83. The third-order valence-electron chi connectivity index (χ3n) is 3.08. The molecule has 4 nitrogen and oxygen atoms in total. The van der Waals surface area contributed by atoms with Crippen LogP contribution in [0, 0.1) is 11.8 Å². The fourth-order valence-corrected chi connectivity index (χ4v) is 2.00. The highest BCUT2D eigenvalue weighted by atomic mass is 16.6. The van der Waals surface area contributed by atoms with Gasteiger partial charge in [-0.3, -0.25) is 4.79 Å². The van der Waals surface area contributed by atoms with Crippen molar-refractivity contribution in [2.24, 2.45) is 17.0 Å². The summed E-state index contributed by atoms with van der Waals surface area (Å²) in [4.78, 5) is 16.6. The number of rotatable bonds is 5. The minimum absolute atomic E-state index is 0.0401. The lowest BCUT2D eigenvalue weighted by molar-refractivity contribution is -0.141. The van der Waals surface area contributed by atoms with Crippen LogP contribution < -0.4 is 0 Å². The average molecular weight is 247 g/mol. The van der Waals surface area contributed by atoms with Gasteiger partial charge in [-0.05, 0) is 12.0 Å². The number of hydrogen-bond donors (Lipinski definition) is 0. The number of hydrogen-bond acceptors (Lipinski definition) is 4. The maximum Gasteiger partial charge on any atom is 0.309 e. The molecule has 96 valence electrons. The van der Waals surface area contributed by atoms with Crippen molar-refractivity contribution in [3.05, 3.63) is 35.9 Å². The molecule has 0 N–H and O–H groups in total. The molecule has 1 aromatic carbocycles. The summed E-state index contributed by atoms with van der Waals surface area (Å²) < 4.78 is 5.00. The second kappa shape index (κ2) is 6.19. The first-order valence-corrected chi connectivity index (χ1v) is 6.17. The molecule has 0 bridgehead atoms. The molecule has 0 saturated carbocycles. The monoisotopic (exact) mass is 247 g/mol. The lowest BCUT2D eigenvalue weighted by atomic mass is 9.94. The lowest BCUT2D eigenvalue weighted by Crippen LogP contribution is -2.16. The minimum Gasteiger partial charge on any atom is -0.465 e. The summed E-state index contributed by atoms with van der Waals surface area (Å²) in [5.41, 5.74) is 1.07. The summed E-state index contributed by atoms with van der Waals surface area (Å²) in [5, 5.41) is 3.92. The van der Waals surface area contributed by atoms with E-state index in [9.17, 15) is 4.79 Å². The van der Waals surface area contributed by atoms with Gasteiger partial charge < -0.3 is 9.57 Å². The number of nitrogens with zero attached hydrogens (tertiary/aromatic N) is 1. The second-order valence-electron chi connectivity index (χ2n) is 4.32. The number of carbonyl (C=O) groups excluding carboxylic acids is 1. The van der Waals surface area contributed by atoms with Crippen LogP contribution in [0.1, 0.15) is 18.9 Å².